The van der Waals surface area contributed by atoms with Gasteiger partial charge in [-0.3, -0.25) is 9.48 Å². The highest BCUT2D eigenvalue weighted by molar-refractivity contribution is 5.92. The number of benzene rings is 1. The molecule has 0 spiro atoms. The molecule has 0 saturated carbocycles. The number of carbonyl (C=O) groups excluding carboxylic acids is 1. The predicted octanol–water partition coefficient (Wildman–Crippen LogP) is 0.932. The van der Waals surface area contributed by atoms with Crippen molar-refractivity contribution in [3.8, 4) is 0 Å². The van der Waals surface area contributed by atoms with E-state index < -0.39 is 0 Å². The highest BCUT2D eigenvalue weighted by atomic mass is 16.1. The summed E-state index contributed by atoms with van der Waals surface area (Å²) < 4.78 is 1.60. The Morgan fingerprint density at radius 2 is 2.06 bits per heavy atom. The molecule has 2 aromatic rings. The molecule has 17 heavy (non-hydrogen) atoms. The molecular formula is C12H14N4O. The van der Waals surface area contributed by atoms with Gasteiger partial charge in [0.15, 0.2) is 0 Å². The van der Waals surface area contributed by atoms with Crippen LogP contribution in [0.15, 0.2) is 36.5 Å². The molecule has 1 aromatic carbocycles. The monoisotopic (exact) mass is 230 g/mol. The Morgan fingerprint density at radius 1 is 1.35 bits per heavy atom. The SMILES string of the molecule is Cn1ccc(C(=O)NCc2ccc(N)cc2)n1. The summed E-state index contributed by atoms with van der Waals surface area (Å²) in [5.41, 5.74) is 7.71. The van der Waals surface area contributed by atoms with E-state index in [2.05, 4.69) is 10.4 Å². The zero-order valence-electron chi connectivity index (χ0n) is 9.55. The predicted molar refractivity (Wildman–Crippen MR) is 65.2 cm³/mol. The Balaban J connectivity index is 1.94. The van der Waals surface area contributed by atoms with Crippen molar-refractivity contribution in [2.75, 3.05) is 5.73 Å². The number of nitrogens with two attached hydrogens (primary N) is 1. The van der Waals surface area contributed by atoms with Crippen LogP contribution >= 0.6 is 0 Å². The van der Waals surface area contributed by atoms with Crippen molar-refractivity contribution >= 4 is 11.6 Å². The number of nitrogens with zero attached hydrogens (tertiary/aromatic N) is 2. The minimum atomic E-state index is -0.178. The second kappa shape index (κ2) is 4.69. The molecule has 5 heteroatoms. The van der Waals surface area contributed by atoms with Crippen molar-refractivity contribution in [3.05, 3.63) is 47.8 Å². The third-order valence-corrected chi connectivity index (χ3v) is 2.38. The summed E-state index contributed by atoms with van der Waals surface area (Å²) in [5, 5.41) is 6.81. The zero-order chi connectivity index (χ0) is 12.3. The van der Waals surface area contributed by atoms with E-state index in [1.54, 1.807) is 24.0 Å². The maximum Gasteiger partial charge on any atom is 0.272 e. The summed E-state index contributed by atoms with van der Waals surface area (Å²) in [6.45, 7) is 0.468. The first-order valence-electron chi connectivity index (χ1n) is 5.27. The lowest BCUT2D eigenvalue weighted by molar-refractivity contribution is 0.0945. The van der Waals surface area contributed by atoms with Crippen LogP contribution in [0.3, 0.4) is 0 Å². The molecule has 1 aromatic heterocycles. The van der Waals surface area contributed by atoms with E-state index in [9.17, 15) is 4.79 Å². The quantitative estimate of drug-likeness (QED) is 0.770. The Bertz CT molecular complexity index is 516. The van der Waals surface area contributed by atoms with Crippen LogP contribution in [0.25, 0.3) is 0 Å². The van der Waals surface area contributed by atoms with Gasteiger partial charge in [0, 0.05) is 25.5 Å². The zero-order valence-corrected chi connectivity index (χ0v) is 9.55. The smallest absolute Gasteiger partial charge is 0.272 e. The summed E-state index contributed by atoms with van der Waals surface area (Å²) in [7, 11) is 1.77. The van der Waals surface area contributed by atoms with Crippen molar-refractivity contribution in [1.82, 2.24) is 15.1 Å². The van der Waals surface area contributed by atoms with Crippen LogP contribution in [-0.4, -0.2) is 15.7 Å². The lowest BCUT2D eigenvalue weighted by Crippen LogP contribution is -2.23. The van der Waals surface area contributed by atoms with Crippen LogP contribution in [0.5, 0.6) is 0 Å². The minimum Gasteiger partial charge on any atom is -0.399 e. The molecule has 0 aliphatic rings. The second-order valence-corrected chi connectivity index (χ2v) is 3.80. The molecule has 0 aliphatic carbocycles. The molecule has 1 amide bonds. The average Bonchev–Trinajstić information content (AvgIpc) is 2.75. The van der Waals surface area contributed by atoms with Gasteiger partial charge in [-0.25, -0.2) is 0 Å². The van der Waals surface area contributed by atoms with Crippen LogP contribution < -0.4 is 11.1 Å². The van der Waals surface area contributed by atoms with Crippen molar-refractivity contribution in [1.29, 1.82) is 0 Å². The Labute approximate surface area is 99.2 Å². The fraction of sp³-hybridized carbons (Fsp3) is 0.167. The number of rotatable bonds is 3. The largest absolute Gasteiger partial charge is 0.399 e. The molecule has 88 valence electrons. The number of hydrogen-bond donors (Lipinski definition) is 2. The normalized spacial score (nSPS) is 10.2. The van der Waals surface area contributed by atoms with Crippen molar-refractivity contribution in [3.63, 3.8) is 0 Å². The first kappa shape index (κ1) is 11.2. The van der Waals surface area contributed by atoms with E-state index in [4.69, 9.17) is 5.73 Å². The highest BCUT2D eigenvalue weighted by Crippen LogP contribution is 2.05. The molecular weight excluding hydrogens is 216 g/mol. The first-order valence-corrected chi connectivity index (χ1v) is 5.27. The van der Waals surface area contributed by atoms with E-state index >= 15 is 0 Å². The van der Waals surface area contributed by atoms with Gasteiger partial charge >= 0.3 is 0 Å². The van der Waals surface area contributed by atoms with Gasteiger partial charge in [-0.2, -0.15) is 5.10 Å². The number of aromatic nitrogens is 2. The number of nitrogen functional groups attached to an aromatic ring is 1. The summed E-state index contributed by atoms with van der Waals surface area (Å²) in [4.78, 5) is 11.7. The maximum absolute atomic E-state index is 11.7. The highest BCUT2D eigenvalue weighted by Gasteiger charge is 2.07. The molecule has 0 atom stereocenters. The van der Waals surface area contributed by atoms with Gasteiger partial charge in [-0.1, -0.05) is 12.1 Å². The number of carbonyl (C=O) groups is 1. The van der Waals surface area contributed by atoms with Crippen LogP contribution in [0.1, 0.15) is 16.1 Å². The van der Waals surface area contributed by atoms with Gasteiger partial charge < -0.3 is 11.1 Å². The number of hydrogen-bond acceptors (Lipinski definition) is 3. The number of nitrogens with one attached hydrogen (secondary N) is 1. The van der Waals surface area contributed by atoms with E-state index in [0.717, 1.165) is 5.56 Å². The fourth-order valence-corrected chi connectivity index (χ4v) is 1.44. The number of anilines is 1. The Morgan fingerprint density at radius 3 is 2.65 bits per heavy atom. The van der Waals surface area contributed by atoms with E-state index in [0.29, 0.717) is 17.9 Å². The van der Waals surface area contributed by atoms with Gasteiger partial charge in [0.05, 0.1) is 0 Å². The molecule has 0 aliphatic heterocycles. The molecule has 0 radical (unpaired) electrons. The van der Waals surface area contributed by atoms with Crippen molar-refractivity contribution in [2.24, 2.45) is 7.05 Å². The van der Waals surface area contributed by atoms with E-state index in [1.807, 2.05) is 24.3 Å². The molecule has 3 N–H and O–H groups in total. The lowest BCUT2D eigenvalue weighted by Gasteiger charge is -2.03. The Kier molecular flexibility index (Phi) is 3.09. The van der Waals surface area contributed by atoms with Crippen molar-refractivity contribution < 1.29 is 4.79 Å². The number of amides is 1. The first-order chi connectivity index (χ1) is 8.15. The molecule has 2 rings (SSSR count). The van der Waals surface area contributed by atoms with Gasteiger partial charge in [0.25, 0.3) is 5.91 Å². The van der Waals surface area contributed by atoms with E-state index in [-0.39, 0.29) is 5.91 Å². The topological polar surface area (TPSA) is 72.9 Å². The summed E-state index contributed by atoms with van der Waals surface area (Å²) in [5.74, 6) is -0.178. The molecule has 0 fully saturated rings. The molecule has 0 bridgehead atoms. The summed E-state index contributed by atoms with van der Waals surface area (Å²) in [6, 6.07) is 9.06. The van der Waals surface area contributed by atoms with Gasteiger partial charge in [-0.15, -0.1) is 0 Å². The molecule has 1 heterocycles. The lowest BCUT2D eigenvalue weighted by atomic mass is 10.2. The summed E-state index contributed by atoms with van der Waals surface area (Å²) in [6.07, 6.45) is 1.73. The minimum absolute atomic E-state index is 0.178. The molecule has 0 saturated heterocycles. The fourth-order valence-electron chi connectivity index (χ4n) is 1.44. The average molecular weight is 230 g/mol. The van der Waals surface area contributed by atoms with Gasteiger partial charge in [-0.05, 0) is 23.8 Å². The van der Waals surface area contributed by atoms with Crippen LogP contribution in [0.4, 0.5) is 5.69 Å². The third-order valence-electron chi connectivity index (χ3n) is 2.38. The molecule has 0 unspecified atom stereocenters. The van der Waals surface area contributed by atoms with Crippen LogP contribution in [0.2, 0.25) is 0 Å². The van der Waals surface area contributed by atoms with Crippen molar-refractivity contribution in [2.45, 2.75) is 6.54 Å². The standard InChI is InChI=1S/C12H14N4O/c1-16-7-6-11(15-16)12(17)14-8-9-2-4-10(13)5-3-9/h2-7H,8,13H2,1H3,(H,14,17). The van der Waals surface area contributed by atoms with Crippen LogP contribution in [0, 0.1) is 0 Å². The Hall–Kier alpha value is -2.30. The van der Waals surface area contributed by atoms with Gasteiger partial charge in [0.1, 0.15) is 5.69 Å². The number of aryl methyl sites for hydroxylation is 1. The van der Waals surface area contributed by atoms with E-state index in [1.165, 1.54) is 0 Å². The van der Waals surface area contributed by atoms with Gasteiger partial charge in [0.2, 0.25) is 0 Å². The molecule has 5 nitrogen and oxygen atoms in total. The second-order valence-electron chi connectivity index (χ2n) is 3.80. The maximum atomic E-state index is 11.7. The summed E-state index contributed by atoms with van der Waals surface area (Å²) >= 11 is 0. The third kappa shape index (κ3) is 2.84. The van der Waals surface area contributed by atoms with Crippen LogP contribution in [-0.2, 0) is 13.6 Å².